The summed E-state index contributed by atoms with van der Waals surface area (Å²) >= 11 is 0. The van der Waals surface area contributed by atoms with Gasteiger partial charge in [-0.05, 0) is 86.7 Å². The van der Waals surface area contributed by atoms with E-state index in [0.717, 1.165) is 25.9 Å². The Labute approximate surface area is 229 Å². The van der Waals surface area contributed by atoms with Gasteiger partial charge in [-0.2, -0.15) is 4.31 Å². The Morgan fingerprint density at radius 1 is 0.923 bits per heavy atom. The van der Waals surface area contributed by atoms with E-state index in [4.69, 9.17) is 4.74 Å². The van der Waals surface area contributed by atoms with Crippen LogP contribution in [0.2, 0.25) is 0 Å². The lowest BCUT2D eigenvalue weighted by Gasteiger charge is -2.29. The lowest BCUT2D eigenvalue weighted by Crippen LogP contribution is -2.45. The molecule has 3 aromatic rings. The highest BCUT2D eigenvalue weighted by atomic mass is 32.2. The predicted molar refractivity (Wildman–Crippen MR) is 148 cm³/mol. The fraction of sp³-hybridized carbons (Fsp3) is 0.300. The van der Waals surface area contributed by atoms with Gasteiger partial charge in [0, 0.05) is 6.54 Å². The summed E-state index contributed by atoms with van der Waals surface area (Å²) in [5.74, 6) is -1.71. The normalized spacial score (nSPS) is 15.8. The molecule has 2 amide bonds. The number of sulfonamides is 1. The fourth-order valence-corrected chi connectivity index (χ4v) is 7.05. The highest BCUT2D eigenvalue weighted by Gasteiger charge is 2.47. The van der Waals surface area contributed by atoms with Crippen molar-refractivity contribution in [2.75, 3.05) is 12.0 Å². The van der Waals surface area contributed by atoms with Gasteiger partial charge in [0.2, 0.25) is 15.9 Å². The quantitative estimate of drug-likeness (QED) is 0.318. The second-order valence-electron chi connectivity index (χ2n) is 9.95. The number of carbonyl (C=O) groups excluding carboxylic acids is 3. The second kappa shape index (κ2) is 10.7. The number of esters is 1. The largest absolute Gasteiger partial charge is 0.465 e. The molecule has 0 N–H and O–H groups in total. The molecule has 4 rings (SSSR count). The summed E-state index contributed by atoms with van der Waals surface area (Å²) in [6.07, 6.45) is -0.300. The Bertz CT molecular complexity index is 1530. The molecule has 0 bridgehead atoms. The SMILES string of the molecule is COC(=O)c1ccc(N2C(=O)CC(N(Cc3ccc(C)cc3)S(=O)(=O)c3c(C)c(C)cc(C)c3C)C2=O)cc1. The van der Waals surface area contributed by atoms with Crippen LogP contribution >= 0.6 is 0 Å². The van der Waals surface area contributed by atoms with E-state index in [0.29, 0.717) is 16.7 Å². The maximum Gasteiger partial charge on any atom is 0.337 e. The van der Waals surface area contributed by atoms with Gasteiger partial charge < -0.3 is 4.74 Å². The summed E-state index contributed by atoms with van der Waals surface area (Å²) in [5, 5.41) is 0. The first kappa shape index (κ1) is 28.2. The van der Waals surface area contributed by atoms with Gasteiger partial charge >= 0.3 is 5.97 Å². The number of rotatable bonds is 7. The molecule has 1 unspecified atom stereocenters. The average molecular weight is 549 g/mol. The Kier molecular flexibility index (Phi) is 7.77. The summed E-state index contributed by atoms with van der Waals surface area (Å²) in [4.78, 5) is 39.9. The topological polar surface area (TPSA) is 101 Å². The maximum atomic E-state index is 14.4. The van der Waals surface area contributed by atoms with E-state index in [-0.39, 0.29) is 29.1 Å². The summed E-state index contributed by atoms with van der Waals surface area (Å²) in [7, 11) is -2.95. The van der Waals surface area contributed by atoms with E-state index < -0.39 is 33.8 Å². The van der Waals surface area contributed by atoms with Gasteiger partial charge in [0.15, 0.2) is 0 Å². The standard InChI is InChI=1S/C30H32N2O6S/c1-18-7-9-23(10-8-18)17-31(39(36,37)28-21(4)19(2)15-20(3)22(28)5)26-16-27(33)32(29(26)34)25-13-11-24(12-14-25)30(35)38-6/h7-15,26H,16-17H2,1-6H3. The second-order valence-corrected chi connectivity index (χ2v) is 11.8. The molecule has 0 aliphatic carbocycles. The number of methoxy groups -OCH3 is 1. The molecule has 0 radical (unpaired) electrons. The van der Waals surface area contributed by atoms with E-state index in [1.165, 1.54) is 31.4 Å². The maximum absolute atomic E-state index is 14.4. The van der Waals surface area contributed by atoms with E-state index in [2.05, 4.69) is 0 Å². The summed E-state index contributed by atoms with van der Waals surface area (Å²) in [5.41, 5.74) is 5.11. The monoisotopic (exact) mass is 548 g/mol. The van der Waals surface area contributed by atoms with Crippen LogP contribution in [0.3, 0.4) is 0 Å². The van der Waals surface area contributed by atoms with Gasteiger partial charge in [0.1, 0.15) is 6.04 Å². The molecule has 204 valence electrons. The Morgan fingerprint density at radius 3 is 2.03 bits per heavy atom. The van der Waals surface area contributed by atoms with Crippen LogP contribution in [-0.2, 0) is 30.9 Å². The third-order valence-corrected chi connectivity index (χ3v) is 9.47. The third-order valence-electron chi connectivity index (χ3n) is 7.34. The number of carbonyl (C=O) groups is 3. The van der Waals surface area contributed by atoms with Crippen molar-refractivity contribution in [1.82, 2.24) is 4.31 Å². The number of hydrogen-bond donors (Lipinski definition) is 0. The molecule has 1 atom stereocenters. The van der Waals surface area contributed by atoms with E-state index in [1.807, 2.05) is 51.1 Å². The van der Waals surface area contributed by atoms with Crippen molar-refractivity contribution < 1.29 is 27.5 Å². The van der Waals surface area contributed by atoms with Crippen molar-refractivity contribution in [1.29, 1.82) is 0 Å². The molecular formula is C30H32N2O6S. The molecule has 8 nitrogen and oxygen atoms in total. The highest BCUT2D eigenvalue weighted by molar-refractivity contribution is 7.89. The fourth-order valence-electron chi connectivity index (χ4n) is 4.90. The number of benzene rings is 3. The smallest absolute Gasteiger partial charge is 0.337 e. The molecule has 3 aromatic carbocycles. The first-order valence-electron chi connectivity index (χ1n) is 12.6. The molecule has 0 spiro atoms. The number of aryl methyl sites for hydroxylation is 3. The van der Waals surface area contributed by atoms with Gasteiger partial charge in [-0.25, -0.2) is 18.1 Å². The van der Waals surface area contributed by atoms with E-state index in [1.54, 1.807) is 13.8 Å². The number of nitrogens with zero attached hydrogens (tertiary/aromatic N) is 2. The number of anilines is 1. The van der Waals surface area contributed by atoms with Crippen molar-refractivity contribution in [2.45, 2.75) is 58.5 Å². The predicted octanol–water partition coefficient (Wildman–Crippen LogP) is 4.54. The summed E-state index contributed by atoms with van der Waals surface area (Å²) in [6, 6.07) is 14.0. The van der Waals surface area contributed by atoms with E-state index in [9.17, 15) is 22.8 Å². The third kappa shape index (κ3) is 5.24. The van der Waals surface area contributed by atoms with Crippen LogP contribution in [0.4, 0.5) is 5.69 Å². The first-order chi connectivity index (χ1) is 18.4. The summed E-state index contributed by atoms with van der Waals surface area (Å²) < 4.78 is 34.6. The highest BCUT2D eigenvalue weighted by Crippen LogP contribution is 2.34. The van der Waals surface area contributed by atoms with Crippen LogP contribution in [0.5, 0.6) is 0 Å². The molecule has 1 aliphatic rings. The van der Waals surface area contributed by atoms with Crippen molar-refractivity contribution in [2.24, 2.45) is 0 Å². The van der Waals surface area contributed by atoms with Crippen LogP contribution in [0.1, 0.15) is 50.2 Å². The zero-order chi connectivity index (χ0) is 28.6. The number of imide groups is 1. The Morgan fingerprint density at radius 2 is 1.49 bits per heavy atom. The van der Waals surface area contributed by atoms with Gasteiger partial charge in [-0.1, -0.05) is 35.9 Å². The van der Waals surface area contributed by atoms with Crippen LogP contribution in [0.25, 0.3) is 0 Å². The van der Waals surface area contributed by atoms with Crippen LogP contribution < -0.4 is 4.90 Å². The van der Waals surface area contributed by atoms with E-state index >= 15 is 0 Å². The van der Waals surface area contributed by atoms with Crippen molar-refractivity contribution in [3.05, 3.63) is 93.5 Å². The van der Waals surface area contributed by atoms with Crippen molar-refractivity contribution >= 4 is 33.5 Å². The zero-order valence-corrected chi connectivity index (χ0v) is 23.8. The lowest BCUT2D eigenvalue weighted by molar-refractivity contribution is -0.122. The van der Waals surface area contributed by atoms with Gasteiger partial charge in [0.05, 0.1) is 29.7 Å². The lowest BCUT2D eigenvalue weighted by atomic mass is 10.0. The molecule has 1 saturated heterocycles. The number of ether oxygens (including phenoxy) is 1. The molecule has 39 heavy (non-hydrogen) atoms. The minimum absolute atomic E-state index is 0.0761. The minimum atomic E-state index is -4.21. The van der Waals surface area contributed by atoms with Crippen molar-refractivity contribution in [3.8, 4) is 0 Å². The van der Waals surface area contributed by atoms with Crippen LogP contribution in [0, 0.1) is 34.6 Å². The first-order valence-corrected chi connectivity index (χ1v) is 14.0. The molecule has 0 aromatic heterocycles. The van der Waals surface area contributed by atoms with Crippen molar-refractivity contribution in [3.63, 3.8) is 0 Å². The molecule has 1 aliphatic heterocycles. The van der Waals surface area contributed by atoms with Crippen LogP contribution in [-0.4, -0.2) is 43.7 Å². The minimum Gasteiger partial charge on any atom is -0.465 e. The van der Waals surface area contributed by atoms with Gasteiger partial charge in [-0.3, -0.25) is 9.59 Å². The van der Waals surface area contributed by atoms with Crippen LogP contribution in [0.15, 0.2) is 59.5 Å². The number of hydrogen-bond acceptors (Lipinski definition) is 6. The zero-order valence-electron chi connectivity index (χ0n) is 22.9. The Hall–Kier alpha value is -3.82. The molecule has 0 saturated carbocycles. The Balaban J connectivity index is 1.80. The summed E-state index contributed by atoms with van der Waals surface area (Å²) in [6.45, 7) is 9.09. The molecule has 1 heterocycles. The average Bonchev–Trinajstić information content (AvgIpc) is 3.19. The molecule has 9 heteroatoms. The molecular weight excluding hydrogens is 516 g/mol. The molecule has 1 fully saturated rings. The van der Waals surface area contributed by atoms with Gasteiger partial charge in [-0.15, -0.1) is 0 Å². The van der Waals surface area contributed by atoms with Gasteiger partial charge in [0.25, 0.3) is 5.91 Å². The number of amides is 2.